The molecule has 2 atom stereocenters. The number of aryl methyl sites for hydroxylation is 1. The van der Waals surface area contributed by atoms with Crippen molar-refractivity contribution in [3.05, 3.63) is 42.2 Å². The van der Waals surface area contributed by atoms with Crippen LogP contribution in [-0.2, 0) is 11.8 Å². The molecule has 1 aliphatic heterocycles. The van der Waals surface area contributed by atoms with Gasteiger partial charge in [-0.3, -0.25) is 9.48 Å². The molecule has 22 heavy (non-hydrogen) atoms. The van der Waals surface area contributed by atoms with Crippen molar-refractivity contribution in [2.24, 2.45) is 13.0 Å². The van der Waals surface area contributed by atoms with Crippen molar-refractivity contribution >= 4 is 23.4 Å². The van der Waals surface area contributed by atoms with Gasteiger partial charge < -0.3 is 10.6 Å². The first-order valence-electron chi connectivity index (χ1n) is 7.31. The average molecular weight is 316 g/mol. The lowest BCUT2D eigenvalue weighted by atomic mass is 9.90. The maximum Gasteiger partial charge on any atom is 0.229 e. The van der Waals surface area contributed by atoms with E-state index in [9.17, 15) is 4.79 Å². The molecule has 1 aromatic carbocycles. The zero-order valence-corrected chi connectivity index (χ0v) is 13.6. The fraction of sp³-hybridized carbons (Fsp3) is 0.375. The second-order valence-corrected chi connectivity index (χ2v) is 6.42. The van der Waals surface area contributed by atoms with Crippen LogP contribution in [0.3, 0.4) is 0 Å². The predicted molar refractivity (Wildman–Crippen MR) is 89.2 cm³/mol. The van der Waals surface area contributed by atoms with Crippen molar-refractivity contribution in [1.82, 2.24) is 15.1 Å². The molecule has 3 rings (SSSR count). The summed E-state index contributed by atoms with van der Waals surface area (Å²) in [4.78, 5) is 13.8. The smallest absolute Gasteiger partial charge is 0.229 e. The van der Waals surface area contributed by atoms with Crippen LogP contribution in [-0.4, -0.2) is 35.0 Å². The largest absolute Gasteiger partial charge is 0.326 e. The third-order valence-electron chi connectivity index (χ3n) is 4.06. The van der Waals surface area contributed by atoms with Crippen molar-refractivity contribution in [3.63, 3.8) is 0 Å². The summed E-state index contributed by atoms with van der Waals surface area (Å²) in [7, 11) is 1.90. The highest BCUT2D eigenvalue weighted by molar-refractivity contribution is 7.98. The van der Waals surface area contributed by atoms with Gasteiger partial charge in [0, 0.05) is 42.8 Å². The van der Waals surface area contributed by atoms with Crippen molar-refractivity contribution in [3.8, 4) is 0 Å². The van der Waals surface area contributed by atoms with Crippen LogP contribution < -0.4 is 10.6 Å². The van der Waals surface area contributed by atoms with Gasteiger partial charge in [0.25, 0.3) is 0 Å². The summed E-state index contributed by atoms with van der Waals surface area (Å²) in [5, 5.41) is 10.6. The fourth-order valence-corrected chi connectivity index (χ4v) is 3.25. The number of rotatable bonds is 4. The number of carbonyl (C=O) groups excluding carboxylic acids is 1. The van der Waals surface area contributed by atoms with E-state index >= 15 is 0 Å². The lowest BCUT2D eigenvalue weighted by molar-refractivity contribution is -0.119. The van der Waals surface area contributed by atoms with Gasteiger partial charge in [-0.15, -0.1) is 11.8 Å². The van der Waals surface area contributed by atoms with Gasteiger partial charge in [-0.25, -0.2) is 0 Å². The Kier molecular flexibility index (Phi) is 4.49. The molecule has 0 spiro atoms. The zero-order valence-electron chi connectivity index (χ0n) is 12.7. The fourth-order valence-electron chi connectivity index (χ4n) is 2.85. The van der Waals surface area contributed by atoms with E-state index in [1.807, 2.05) is 50.0 Å². The topological polar surface area (TPSA) is 59.0 Å². The van der Waals surface area contributed by atoms with E-state index < -0.39 is 0 Å². The summed E-state index contributed by atoms with van der Waals surface area (Å²) >= 11 is 1.69. The van der Waals surface area contributed by atoms with E-state index in [4.69, 9.17) is 0 Å². The highest BCUT2D eigenvalue weighted by Crippen LogP contribution is 2.29. The second kappa shape index (κ2) is 6.54. The Labute approximate surface area is 134 Å². The minimum atomic E-state index is -0.0653. The molecule has 5 nitrogen and oxygen atoms in total. The van der Waals surface area contributed by atoms with Gasteiger partial charge in [-0.1, -0.05) is 0 Å². The molecule has 0 saturated carbocycles. The molecule has 1 fully saturated rings. The summed E-state index contributed by atoms with van der Waals surface area (Å²) in [5.41, 5.74) is 1.96. The molecular formula is C16H20N4OS. The third kappa shape index (κ3) is 3.18. The minimum absolute atomic E-state index is 0.0653. The number of hydrogen-bond donors (Lipinski definition) is 2. The number of benzene rings is 1. The molecule has 6 heteroatoms. The first-order valence-corrected chi connectivity index (χ1v) is 8.54. The maximum atomic E-state index is 12.6. The minimum Gasteiger partial charge on any atom is -0.326 e. The predicted octanol–water partition coefficient (Wildman–Crippen LogP) is 2.08. The molecule has 1 aromatic heterocycles. The van der Waals surface area contributed by atoms with Crippen LogP contribution in [0.2, 0.25) is 0 Å². The van der Waals surface area contributed by atoms with Crippen LogP contribution in [0.15, 0.2) is 41.6 Å². The van der Waals surface area contributed by atoms with Gasteiger partial charge >= 0.3 is 0 Å². The Bertz CT molecular complexity index is 652. The molecule has 1 amide bonds. The molecule has 0 bridgehead atoms. The normalized spacial score (nSPS) is 21.0. The van der Waals surface area contributed by atoms with Gasteiger partial charge in [-0.05, 0) is 36.1 Å². The summed E-state index contributed by atoms with van der Waals surface area (Å²) in [6, 6.07) is 7.94. The SMILES string of the molecule is CSc1ccc(NC(=O)[C@H]2CNC[C@@H]2c2cnn(C)c2)cc1. The van der Waals surface area contributed by atoms with E-state index in [1.165, 1.54) is 4.90 Å². The first kappa shape index (κ1) is 15.1. The van der Waals surface area contributed by atoms with Gasteiger partial charge in [0.05, 0.1) is 12.1 Å². The molecule has 1 aliphatic rings. The Hall–Kier alpha value is -1.79. The van der Waals surface area contributed by atoms with E-state index in [0.717, 1.165) is 17.8 Å². The Morgan fingerprint density at radius 3 is 2.77 bits per heavy atom. The van der Waals surface area contributed by atoms with Crippen molar-refractivity contribution in [2.45, 2.75) is 10.8 Å². The van der Waals surface area contributed by atoms with Crippen molar-refractivity contribution < 1.29 is 4.79 Å². The Balaban J connectivity index is 1.70. The highest BCUT2D eigenvalue weighted by Gasteiger charge is 2.34. The summed E-state index contributed by atoms with van der Waals surface area (Å²) < 4.78 is 1.78. The summed E-state index contributed by atoms with van der Waals surface area (Å²) in [6.07, 6.45) is 5.88. The van der Waals surface area contributed by atoms with Crippen LogP contribution in [0.5, 0.6) is 0 Å². The molecule has 0 aliphatic carbocycles. The standard InChI is InChI=1S/C16H20N4OS/c1-20-10-11(7-18-20)14-8-17-9-15(14)16(21)19-12-3-5-13(22-2)6-4-12/h3-7,10,14-15,17H,8-9H2,1-2H3,(H,19,21)/t14-,15+/m1/s1. The van der Waals surface area contributed by atoms with Gasteiger partial charge in [0.1, 0.15) is 0 Å². The quantitative estimate of drug-likeness (QED) is 0.848. The molecule has 1 saturated heterocycles. The number of carbonyl (C=O) groups is 1. The van der Waals surface area contributed by atoms with E-state index in [2.05, 4.69) is 15.7 Å². The Morgan fingerprint density at radius 1 is 1.36 bits per heavy atom. The molecule has 2 heterocycles. The van der Waals surface area contributed by atoms with Crippen LogP contribution in [0.25, 0.3) is 0 Å². The number of aromatic nitrogens is 2. The number of nitrogens with one attached hydrogen (secondary N) is 2. The number of thioether (sulfide) groups is 1. The monoisotopic (exact) mass is 316 g/mol. The molecule has 116 valence electrons. The Morgan fingerprint density at radius 2 is 2.14 bits per heavy atom. The van der Waals surface area contributed by atoms with Crippen LogP contribution >= 0.6 is 11.8 Å². The molecule has 2 N–H and O–H groups in total. The lowest BCUT2D eigenvalue weighted by Crippen LogP contribution is -2.28. The summed E-state index contributed by atoms with van der Waals surface area (Å²) in [6.45, 7) is 1.52. The lowest BCUT2D eigenvalue weighted by Gasteiger charge is -2.17. The van der Waals surface area contributed by atoms with Gasteiger partial charge in [0.15, 0.2) is 0 Å². The molecule has 0 radical (unpaired) electrons. The van der Waals surface area contributed by atoms with Crippen LogP contribution in [0.1, 0.15) is 11.5 Å². The molecular weight excluding hydrogens is 296 g/mol. The van der Waals surface area contributed by atoms with E-state index in [-0.39, 0.29) is 17.7 Å². The summed E-state index contributed by atoms with van der Waals surface area (Å²) in [5.74, 6) is 0.180. The van der Waals surface area contributed by atoms with E-state index in [0.29, 0.717) is 6.54 Å². The highest BCUT2D eigenvalue weighted by atomic mass is 32.2. The number of nitrogens with zero attached hydrogens (tertiary/aromatic N) is 2. The second-order valence-electron chi connectivity index (χ2n) is 5.54. The van der Waals surface area contributed by atoms with Gasteiger partial charge in [-0.2, -0.15) is 5.10 Å². The van der Waals surface area contributed by atoms with Crippen molar-refractivity contribution in [1.29, 1.82) is 0 Å². The van der Waals surface area contributed by atoms with Crippen LogP contribution in [0, 0.1) is 5.92 Å². The zero-order chi connectivity index (χ0) is 15.5. The number of anilines is 1. The molecule has 0 unspecified atom stereocenters. The van der Waals surface area contributed by atoms with E-state index in [1.54, 1.807) is 16.4 Å². The molecule has 2 aromatic rings. The number of hydrogen-bond acceptors (Lipinski definition) is 4. The van der Waals surface area contributed by atoms with Crippen molar-refractivity contribution in [2.75, 3.05) is 24.7 Å². The van der Waals surface area contributed by atoms with Gasteiger partial charge in [0.2, 0.25) is 5.91 Å². The first-order chi connectivity index (χ1) is 10.7. The maximum absolute atomic E-state index is 12.6. The third-order valence-corrected chi connectivity index (χ3v) is 4.81. The van der Waals surface area contributed by atoms with Crippen LogP contribution in [0.4, 0.5) is 5.69 Å². The number of amides is 1. The average Bonchev–Trinajstić information content (AvgIpc) is 3.16.